The Kier molecular flexibility index (Phi) is 5.88. The van der Waals surface area contributed by atoms with Gasteiger partial charge in [0.1, 0.15) is 0 Å². The van der Waals surface area contributed by atoms with Gasteiger partial charge in [0, 0.05) is 5.56 Å². The van der Waals surface area contributed by atoms with Crippen LogP contribution in [0, 0.1) is 0 Å². The summed E-state index contributed by atoms with van der Waals surface area (Å²) in [7, 11) is 0. The van der Waals surface area contributed by atoms with Crippen molar-refractivity contribution < 1.29 is 10.2 Å². The van der Waals surface area contributed by atoms with Crippen molar-refractivity contribution in [2.45, 2.75) is 52.4 Å². The van der Waals surface area contributed by atoms with Gasteiger partial charge in [-0.2, -0.15) is 0 Å². The number of aromatic hydroxyl groups is 2. The summed E-state index contributed by atoms with van der Waals surface area (Å²) in [5, 5.41) is 20.5. The first kappa shape index (κ1) is 16.4. The molecule has 0 saturated carbocycles. The summed E-state index contributed by atoms with van der Waals surface area (Å²) in [4.78, 5) is 0. The zero-order valence-corrected chi connectivity index (χ0v) is 13.6. The minimum Gasteiger partial charge on any atom is -0.504 e. The predicted octanol–water partition coefficient (Wildman–Crippen LogP) is 5.45. The summed E-state index contributed by atoms with van der Waals surface area (Å²) >= 11 is 0. The molecule has 2 N–H and O–H groups in total. The van der Waals surface area contributed by atoms with Crippen LogP contribution in [0.4, 0.5) is 0 Å². The first-order valence-corrected chi connectivity index (χ1v) is 8.31. The van der Waals surface area contributed by atoms with E-state index in [9.17, 15) is 10.2 Å². The number of phenols is 2. The van der Waals surface area contributed by atoms with E-state index in [2.05, 4.69) is 26.0 Å². The maximum Gasteiger partial charge on any atom is 0.160 e. The van der Waals surface area contributed by atoms with Crippen LogP contribution >= 0.6 is 0 Å². The second kappa shape index (κ2) is 7.88. The van der Waals surface area contributed by atoms with Gasteiger partial charge < -0.3 is 10.2 Å². The lowest BCUT2D eigenvalue weighted by molar-refractivity contribution is 0.398. The van der Waals surface area contributed by atoms with Gasteiger partial charge in [0.25, 0.3) is 0 Å². The van der Waals surface area contributed by atoms with Crippen molar-refractivity contribution in [1.29, 1.82) is 0 Å². The molecule has 0 heterocycles. The van der Waals surface area contributed by atoms with E-state index in [1.54, 1.807) is 6.07 Å². The average molecular weight is 298 g/mol. The van der Waals surface area contributed by atoms with Crippen molar-refractivity contribution in [3.8, 4) is 22.6 Å². The zero-order valence-electron chi connectivity index (χ0n) is 13.6. The topological polar surface area (TPSA) is 40.5 Å². The van der Waals surface area contributed by atoms with E-state index in [0.29, 0.717) is 0 Å². The Morgan fingerprint density at radius 3 is 2.00 bits per heavy atom. The predicted molar refractivity (Wildman–Crippen MR) is 92.4 cm³/mol. The van der Waals surface area contributed by atoms with Crippen molar-refractivity contribution in [2.75, 3.05) is 0 Å². The molecule has 0 bridgehead atoms. The highest BCUT2D eigenvalue weighted by atomic mass is 16.3. The smallest absolute Gasteiger partial charge is 0.160 e. The Hall–Kier alpha value is -1.96. The van der Waals surface area contributed by atoms with Crippen LogP contribution in [0.5, 0.6) is 11.5 Å². The number of hydrogen-bond acceptors (Lipinski definition) is 2. The van der Waals surface area contributed by atoms with E-state index in [-0.39, 0.29) is 11.5 Å². The van der Waals surface area contributed by atoms with Crippen molar-refractivity contribution in [2.24, 2.45) is 0 Å². The SMILES string of the molecule is CCCCc1c(-c2ccccc2)cc(O)c(O)c1CCCC. The third kappa shape index (κ3) is 3.62. The molecule has 0 aliphatic heterocycles. The minimum atomic E-state index is -0.00907. The second-order valence-corrected chi connectivity index (χ2v) is 5.82. The van der Waals surface area contributed by atoms with Crippen molar-refractivity contribution >= 4 is 0 Å². The monoisotopic (exact) mass is 298 g/mol. The minimum absolute atomic E-state index is 0.00907. The maximum absolute atomic E-state index is 10.3. The van der Waals surface area contributed by atoms with Gasteiger partial charge in [-0.15, -0.1) is 0 Å². The molecule has 2 aromatic rings. The maximum atomic E-state index is 10.3. The lowest BCUT2D eigenvalue weighted by atomic mass is 9.89. The molecule has 2 aromatic carbocycles. The number of phenolic OH excluding ortho intramolecular Hbond substituents is 2. The molecule has 22 heavy (non-hydrogen) atoms. The molecule has 2 rings (SSSR count). The summed E-state index contributed by atoms with van der Waals surface area (Å²) < 4.78 is 0. The normalized spacial score (nSPS) is 10.8. The van der Waals surface area contributed by atoms with Gasteiger partial charge in [0.2, 0.25) is 0 Å². The van der Waals surface area contributed by atoms with E-state index in [0.717, 1.165) is 55.2 Å². The first-order valence-electron chi connectivity index (χ1n) is 8.31. The molecule has 0 atom stereocenters. The summed E-state index contributed by atoms with van der Waals surface area (Å²) in [5.74, 6) is 0.0597. The fourth-order valence-corrected chi connectivity index (χ4v) is 2.89. The number of benzene rings is 2. The molecule has 0 aromatic heterocycles. The molecule has 118 valence electrons. The fraction of sp³-hybridized carbons (Fsp3) is 0.400. The van der Waals surface area contributed by atoms with E-state index in [1.807, 2.05) is 18.2 Å². The van der Waals surface area contributed by atoms with Gasteiger partial charge in [0.05, 0.1) is 0 Å². The largest absolute Gasteiger partial charge is 0.504 e. The molecule has 0 saturated heterocycles. The highest BCUT2D eigenvalue weighted by Gasteiger charge is 2.17. The van der Waals surface area contributed by atoms with Crippen LogP contribution in [0.2, 0.25) is 0 Å². The van der Waals surface area contributed by atoms with E-state index in [4.69, 9.17) is 0 Å². The molecule has 0 aliphatic carbocycles. The Balaban J connectivity index is 2.57. The molecular weight excluding hydrogens is 272 g/mol. The summed E-state index contributed by atoms with van der Waals surface area (Å²) in [5.41, 5.74) is 4.27. The Morgan fingerprint density at radius 2 is 1.41 bits per heavy atom. The van der Waals surface area contributed by atoms with Gasteiger partial charge in [-0.25, -0.2) is 0 Å². The standard InChI is InChI=1S/C20H26O2/c1-3-5-12-16-17(13-6-4-2)20(22)19(21)14-18(16)15-10-8-7-9-11-15/h7-11,14,21-22H,3-6,12-13H2,1-2H3. The van der Waals surface area contributed by atoms with Crippen LogP contribution in [0.3, 0.4) is 0 Å². The van der Waals surface area contributed by atoms with Gasteiger partial charge in [-0.1, -0.05) is 57.0 Å². The van der Waals surface area contributed by atoms with Gasteiger partial charge in [-0.3, -0.25) is 0 Å². The zero-order chi connectivity index (χ0) is 15.9. The van der Waals surface area contributed by atoms with E-state index >= 15 is 0 Å². The van der Waals surface area contributed by atoms with Crippen molar-refractivity contribution in [3.05, 3.63) is 47.5 Å². The highest BCUT2D eigenvalue weighted by Crippen LogP contribution is 2.40. The van der Waals surface area contributed by atoms with E-state index < -0.39 is 0 Å². The number of hydrogen-bond donors (Lipinski definition) is 2. The lowest BCUT2D eigenvalue weighted by Gasteiger charge is -2.18. The number of unbranched alkanes of at least 4 members (excludes halogenated alkanes) is 2. The third-order valence-corrected chi connectivity index (χ3v) is 4.14. The summed E-state index contributed by atoms with van der Waals surface area (Å²) in [6.45, 7) is 4.32. The van der Waals surface area contributed by atoms with Crippen molar-refractivity contribution in [3.63, 3.8) is 0 Å². The van der Waals surface area contributed by atoms with E-state index in [1.165, 1.54) is 5.56 Å². The molecule has 0 amide bonds. The molecule has 0 unspecified atom stereocenters. The molecule has 0 aliphatic rings. The van der Waals surface area contributed by atoms with Crippen LogP contribution in [-0.4, -0.2) is 10.2 Å². The van der Waals surface area contributed by atoms with Crippen LogP contribution in [0.25, 0.3) is 11.1 Å². The third-order valence-electron chi connectivity index (χ3n) is 4.14. The fourth-order valence-electron chi connectivity index (χ4n) is 2.89. The average Bonchev–Trinajstić information content (AvgIpc) is 2.55. The molecule has 0 fully saturated rings. The first-order chi connectivity index (χ1) is 10.7. The van der Waals surface area contributed by atoms with Gasteiger partial charge >= 0.3 is 0 Å². The molecular formula is C20H26O2. The highest BCUT2D eigenvalue weighted by molar-refractivity contribution is 5.73. The van der Waals surface area contributed by atoms with Crippen LogP contribution in [0.1, 0.15) is 50.7 Å². The summed E-state index contributed by atoms with van der Waals surface area (Å²) in [6.07, 6.45) is 6.04. The Bertz CT molecular complexity index is 603. The second-order valence-electron chi connectivity index (χ2n) is 5.82. The molecule has 0 radical (unpaired) electrons. The van der Waals surface area contributed by atoms with Gasteiger partial charge in [0.15, 0.2) is 11.5 Å². The van der Waals surface area contributed by atoms with Crippen LogP contribution in [-0.2, 0) is 12.8 Å². The molecule has 0 spiro atoms. The molecule has 2 nitrogen and oxygen atoms in total. The molecule has 2 heteroatoms. The van der Waals surface area contributed by atoms with Crippen molar-refractivity contribution in [1.82, 2.24) is 0 Å². The lowest BCUT2D eigenvalue weighted by Crippen LogP contribution is -2.00. The van der Waals surface area contributed by atoms with Crippen LogP contribution < -0.4 is 0 Å². The summed E-state index contributed by atoms with van der Waals surface area (Å²) in [6, 6.07) is 11.8. The Morgan fingerprint density at radius 1 is 0.818 bits per heavy atom. The quantitative estimate of drug-likeness (QED) is 0.667. The van der Waals surface area contributed by atoms with Gasteiger partial charge in [-0.05, 0) is 48.4 Å². The van der Waals surface area contributed by atoms with Crippen LogP contribution in [0.15, 0.2) is 36.4 Å². The Labute approximate surface area is 133 Å². The number of rotatable bonds is 7.